The molecule has 1 N–H and O–H groups in total. The summed E-state index contributed by atoms with van der Waals surface area (Å²) in [4.78, 5) is 12.1. The predicted molar refractivity (Wildman–Crippen MR) is 105 cm³/mol. The van der Waals surface area contributed by atoms with Crippen molar-refractivity contribution in [3.05, 3.63) is 65.5 Å². The zero-order valence-electron chi connectivity index (χ0n) is 15.3. The quantitative estimate of drug-likeness (QED) is 0.629. The molecule has 0 bridgehead atoms. The summed E-state index contributed by atoms with van der Waals surface area (Å²) in [6.07, 6.45) is 0. The fourth-order valence-electron chi connectivity index (χ4n) is 2.58. The van der Waals surface area contributed by atoms with Gasteiger partial charge >= 0.3 is 0 Å². The van der Waals surface area contributed by atoms with Gasteiger partial charge in [-0.2, -0.15) is 0 Å². The molecule has 0 aliphatic carbocycles. The summed E-state index contributed by atoms with van der Waals surface area (Å²) in [7, 11) is 0. The van der Waals surface area contributed by atoms with Gasteiger partial charge in [-0.15, -0.1) is 10.2 Å². The zero-order valence-corrected chi connectivity index (χ0v) is 16.1. The van der Waals surface area contributed by atoms with E-state index in [0.717, 1.165) is 11.1 Å². The highest BCUT2D eigenvalue weighted by molar-refractivity contribution is 7.99. The molecule has 2 aromatic carbocycles. The first-order valence-electron chi connectivity index (χ1n) is 8.71. The van der Waals surface area contributed by atoms with Crippen molar-refractivity contribution in [2.45, 2.75) is 32.1 Å². The summed E-state index contributed by atoms with van der Waals surface area (Å²) >= 11 is 1.34. The molecular formula is C20H21FN4OS. The molecule has 0 unspecified atom stereocenters. The Morgan fingerprint density at radius 3 is 2.48 bits per heavy atom. The third kappa shape index (κ3) is 4.95. The number of carbonyl (C=O) groups excluding carboxylic acids is 1. The normalized spacial score (nSPS) is 10.8. The molecule has 0 atom stereocenters. The maximum Gasteiger partial charge on any atom is 0.230 e. The molecule has 1 aromatic heterocycles. The van der Waals surface area contributed by atoms with Gasteiger partial charge < -0.3 is 9.88 Å². The first-order chi connectivity index (χ1) is 13.1. The largest absolute Gasteiger partial charge is 0.351 e. The second-order valence-electron chi connectivity index (χ2n) is 6.11. The molecule has 0 fully saturated rings. The van der Waals surface area contributed by atoms with Gasteiger partial charge in [0, 0.05) is 18.7 Å². The second-order valence-corrected chi connectivity index (χ2v) is 7.05. The van der Waals surface area contributed by atoms with Crippen LogP contribution in [0.5, 0.6) is 0 Å². The Bertz CT molecular complexity index is 907. The fraction of sp³-hybridized carbons (Fsp3) is 0.250. The van der Waals surface area contributed by atoms with Crippen molar-refractivity contribution in [1.82, 2.24) is 20.1 Å². The van der Waals surface area contributed by atoms with Crippen LogP contribution in [0.15, 0.2) is 53.7 Å². The molecule has 5 nitrogen and oxygen atoms in total. The van der Waals surface area contributed by atoms with Gasteiger partial charge in [0.05, 0.1) is 5.75 Å². The van der Waals surface area contributed by atoms with E-state index in [0.29, 0.717) is 24.1 Å². The van der Waals surface area contributed by atoms with Crippen LogP contribution in [0, 0.1) is 12.7 Å². The van der Waals surface area contributed by atoms with Crippen LogP contribution in [0.1, 0.15) is 18.1 Å². The van der Waals surface area contributed by atoms with Crippen LogP contribution in [0.2, 0.25) is 0 Å². The molecule has 0 saturated carbocycles. The van der Waals surface area contributed by atoms with Crippen LogP contribution in [-0.2, 0) is 17.9 Å². The van der Waals surface area contributed by atoms with Gasteiger partial charge in [-0.3, -0.25) is 4.79 Å². The standard InChI is InChI=1S/C20H21FN4OS/c1-3-25-19(16-8-10-17(21)11-9-16)23-24-20(25)27-13-18(26)22-12-15-6-4-14(2)5-7-15/h4-11H,3,12-13H2,1-2H3,(H,22,26). The van der Waals surface area contributed by atoms with E-state index in [1.807, 2.05) is 42.7 Å². The third-order valence-corrected chi connectivity index (χ3v) is 5.04. The number of nitrogens with zero attached hydrogens (tertiary/aromatic N) is 3. The molecular weight excluding hydrogens is 363 g/mol. The van der Waals surface area contributed by atoms with E-state index in [1.165, 1.54) is 29.5 Å². The van der Waals surface area contributed by atoms with Crippen molar-refractivity contribution in [1.29, 1.82) is 0 Å². The average Bonchev–Trinajstić information content (AvgIpc) is 3.09. The van der Waals surface area contributed by atoms with Crippen LogP contribution >= 0.6 is 11.8 Å². The van der Waals surface area contributed by atoms with Crippen molar-refractivity contribution in [3.63, 3.8) is 0 Å². The summed E-state index contributed by atoms with van der Waals surface area (Å²) in [5.74, 6) is 0.573. The van der Waals surface area contributed by atoms with Crippen molar-refractivity contribution >= 4 is 17.7 Å². The Morgan fingerprint density at radius 1 is 1.11 bits per heavy atom. The van der Waals surface area contributed by atoms with Gasteiger partial charge in [0.15, 0.2) is 11.0 Å². The number of hydrogen-bond acceptors (Lipinski definition) is 4. The Kier molecular flexibility index (Phi) is 6.24. The van der Waals surface area contributed by atoms with Gasteiger partial charge in [-0.25, -0.2) is 4.39 Å². The lowest BCUT2D eigenvalue weighted by Crippen LogP contribution is -2.24. The maximum atomic E-state index is 13.1. The van der Waals surface area contributed by atoms with E-state index in [9.17, 15) is 9.18 Å². The number of thioether (sulfide) groups is 1. The number of benzene rings is 2. The molecule has 3 aromatic rings. The molecule has 7 heteroatoms. The molecule has 0 aliphatic heterocycles. The second kappa shape index (κ2) is 8.81. The molecule has 1 amide bonds. The summed E-state index contributed by atoms with van der Waals surface area (Å²) < 4.78 is 15.0. The SMILES string of the molecule is CCn1c(SCC(=O)NCc2ccc(C)cc2)nnc1-c1ccc(F)cc1. The highest BCUT2D eigenvalue weighted by atomic mass is 32.2. The van der Waals surface area contributed by atoms with Gasteiger partial charge in [0.25, 0.3) is 0 Å². The lowest BCUT2D eigenvalue weighted by Gasteiger charge is -2.08. The molecule has 0 spiro atoms. The minimum atomic E-state index is -0.291. The minimum Gasteiger partial charge on any atom is -0.351 e. The third-order valence-electron chi connectivity index (χ3n) is 4.08. The summed E-state index contributed by atoms with van der Waals surface area (Å²) in [5, 5.41) is 12.0. The highest BCUT2D eigenvalue weighted by Gasteiger charge is 2.14. The van der Waals surface area contributed by atoms with Crippen molar-refractivity contribution in [2.75, 3.05) is 5.75 Å². The number of aromatic nitrogens is 3. The highest BCUT2D eigenvalue weighted by Crippen LogP contribution is 2.24. The van der Waals surface area contributed by atoms with Crippen molar-refractivity contribution in [2.24, 2.45) is 0 Å². The summed E-state index contributed by atoms with van der Waals surface area (Å²) in [6.45, 7) is 5.18. The molecule has 27 heavy (non-hydrogen) atoms. The fourth-order valence-corrected chi connectivity index (χ4v) is 3.41. The van der Waals surface area contributed by atoms with Crippen LogP contribution in [0.4, 0.5) is 4.39 Å². The number of halogens is 1. The maximum absolute atomic E-state index is 13.1. The lowest BCUT2D eigenvalue weighted by molar-refractivity contribution is -0.118. The first kappa shape index (κ1) is 19.1. The lowest BCUT2D eigenvalue weighted by atomic mass is 10.1. The smallest absolute Gasteiger partial charge is 0.230 e. The Morgan fingerprint density at radius 2 is 1.81 bits per heavy atom. The average molecular weight is 384 g/mol. The van der Waals surface area contributed by atoms with E-state index >= 15 is 0 Å². The van der Waals surface area contributed by atoms with Gasteiger partial charge in [-0.1, -0.05) is 41.6 Å². The number of nitrogens with one attached hydrogen (secondary N) is 1. The Labute approximate surface area is 162 Å². The molecule has 1 heterocycles. The zero-order chi connectivity index (χ0) is 19.2. The Balaban J connectivity index is 1.59. The van der Waals surface area contributed by atoms with Crippen molar-refractivity contribution < 1.29 is 9.18 Å². The Hall–Kier alpha value is -2.67. The van der Waals surface area contributed by atoms with Crippen LogP contribution < -0.4 is 5.32 Å². The number of hydrogen-bond donors (Lipinski definition) is 1. The molecule has 140 valence electrons. The van der Waals surface area contributed by atoms with Crippen LogP contribution in [0.25, 0.3) is 11.4 Å². The van der Waals surface area contributed by atoms with E-state index in [4.69, 9.17) is 0 Å². The van der Waals surface area contributed by atoms with Crippen LogP contribution in [0.3, 0.4) is 0 Å². The summed E-state index contributed by atoms with van der Waals surface area (Å²) in [6, 6.07) is 14.2. The predicted octanol–water partition coefficient (Wildman–Crippen LogP) is 3.82. The topological polar surface area (TPSA) is 59.8 Å². The van der Waals surface area contributed by atoms with Crippen molar-refractivity contribution in [3.8, 4) is 11.4 Å². The van der Waals surface area contributed by atoms with E-state index in [-0.39, 0.29) is 17.5 Å². The number of carbonyl (C=O) groups is 1. The number of aryl methyl sites for hydroxylation is 1. The van der Waals surface area contributed by atoms with Gasteiger partial charge in [0.2, 0.25) is 5.91 Å². The monoisotopic (exact) mass is 384 g/mol. The van der Waals surface area contributed by atoms with Crippen LogP contribution in [-0.4, -0.2) is 26.4 Å². The van der Waals surface area contributed by atoms with E-state index in [2.05, 4.69) is 15.5 Å². The van der Waals surface area contributed by atoms with Gasteiger partial charge in [0.1, 0.15) is 5.82 Å². The van der Waals surface area contributed by atoms with E-state index in [1.54, 1.807) is 12.1 Å². The minimum absolute atomic E-state index is 0.0606. The number of amides is 1. The molecule has 0 saturated heterocycles. The molecule has 0 aliphatic rings. The first-order valence-corrected chi connectivity index (χ1v) is 9.69. The summed E-state index contributed by atoms with van der Waals surface area (Å²) in [5.41, 5.74) is 3.05. The van der Waals surface area contributed by atoms with E-state index < -0.39 is 0 Å². The molecule has 0 radical (unpaired) electrons. The molecule has 3 rings (SSSR count). The number of rotatable bonds is 7. The van der Waals surface area contributed by atoms with Gasteiger partial charge in [-0.05, 0) is 43.7 Å².